The van der Waals surface area contributed by atoms with Crippen LogP contribution in [0, 0.1) is 16.3 Å². The van der Waals surface area contributed by atoms with Gasteiger partial charge in [0, 0.05) is 14.6 Å². The highest BCUT2D eigenvalue weighted by Crippen LogP contribution is 2.27. The molecule has 0 bridgehead atoms. The second-order valence-electron chi connectivity index (χ2n) is 5.08. The second-order valence-corrected chi connectivity index (χ2v) is 6.64. The van der Waals surface area contributed by atoms with Crippen molar-refractivity contribution >= 4 is 34.2 Å². The van der Waals surface area contributed by atoms with Crippen LogP contribution in [0.3, 0.4) is 0 Å². The summed E-state index contributed by atoms with van der Waals surface area (Å²) in [6.45, 7) is 4.95. The molecule has 0 spiro atoms. The van der Waals surface area contributed by atoms with Crippen molar-refractivity contribution < 1.29 is 4.39 Å². The molecule has 1 nitrogen and oxygen atoms in total. The summed E-state index contributed by atoms with van der Waals surface area (Å²) in [5, 5.41) is 4.25. The van der Waals surface area contributed by atoms with E-state index < -0.39 is 0 Å². The zero-order chi connectivity index (χ0) is 15.4. The number of benzene rings is 2. The Morgan fingerprint density at radius 3 is 2.62 bits per heavy atom. The lowest BCUT2D eigenvalue weighted by atomic mass is 9.98. The second kappa shape index (κ2) is 7.56. The zero-order valence-corrected chi connectivity index (χ0v) is 15.0. The van der Waals surface area contributed by atoms with Gasteiger partial charge in [-0.15, -0.1) is 0 Å². The Bertz CT molecular complexity index is 630. The summed E-state index contributed by atoms with van der Waals surface area (Å²) in [4.78, 5) is 0. The lowest BCUT2D eigenvalue weighted by molar-refractivity contribution is 0.545. The molecule has 0 heterocycles. The van der Waals surface area contributed by atoms with Gasteiger partial charge in [0.1, 0.15) is 5.82 Å². The van der Waals surface area contributed by atoms with Gasteiger partial charge in [-0.2, -0.15) is 0 Å². The third-order valence-corrected chi connectivity index (χ3v) is 4.71. The molecule has 0 saturated heterocycles. The summed E-state index contributed by atoms with van der Waals surface area (Å²) in [6.07, 6.45) is 0.786. The van der Waals surface area contributed by atoms with Gasteiger partial charge in [0.05, 0.1) is 0 Å². The smallest absolute Gasteiger partial charge is 0.124 e. The van der Waals surface area contributed by atoms with E-state index in [1.54, 1.807) is 6.07 Å². The lowest BCUT2D eigenvalue weighted by Crippen LogP contribution is -2.24. The molecule has 1 atom stereocenters. The van der Waals surface area contributed by atoms with E-state index in [0.717, 1.165) is 38.2 Å². The first-order valence-electron chi connectivity index (χ1n) is 6.94. The van der Waals surface area contributed by atoms with Gasteiger partial charge in [0.2, 0.25) is 0 Å². The fourth-order valence-corrected chi connectivity index (χ4v) is 3.53. The maximum absolute atomic E-state index is 13.3. The first-order chi connectivity index (χ1) is 10.0. The fraction of sp³-hybridized carbons (Fsp3) is 0.294. The van der Waals surface area contributed by atoms with Crippen molar-refractivity contribution in [3.05, 3.63) is 67.5 Å². The minimum atomic E-state index is -0.202. The third-order valence-electron chi connectivity index (χ3n) is 3.42. The molecule has 0 aliphatic heterocycles. The lowest BCUT2D eigenvalue weighted by Gasteiger charge is -2.21. The summed E-state index contributed by atoms with van der Waals surface area (Å²) in [5.41, 5.74) is 3.36. The normalized spacial score (nSPS) is 12.4. The minimum absolute atomic E-state index is 0.128. The molecule has 0 saturated carbocycles. The van der Waals surface area contributed by atoms with Gasteiger partial charge in [-0.25, -0.2) is 4.39 Å². The maximum Gasteiger partial charge on any atom is 0.124 e. The van der Waals surface area contributed by atoms with Crippen LogP contribution < -0.4 is 5.32 Å². The zero-order valence-electron chi connectivity index (χ0n) is 12.1. The molecule has 4 heteroatoms. The van der Waals surface area contributed by atoms with Crippen molar-refractivity contribution in [2.24, 2.45) is 0 Å². The molecule has 2 aromatic rings. The van der Waals surface area contributed by atoms with Crippen LogP contribution in [0.15, 0.2) is 36.4 Å². The van der Waals surface area contributed by atoms with Gasteiger partial charge >= 0.3 is 0 Å². The fourth-order valence-electron chi connectivity index (χ4n) is 2.36. The van der Waals surface area contributed by atoms with Crippen LogP contribution in [0.4, 0.5) is 4.39 Å². The Labute approximate surface area is 144 Å². The molecule has 1 N–H and O–H groups in total. The summed E-state index contributed by atoms with van der Waals surface area (Å²) >= 11 is 8.52. The molecule has 0 radical (unpaired) electrons. The first-order valence-corrected chi connectivity index (χ1v) is 8.40. The van der Waals surface area contributed by atoms with Crippen molar-refractivity contribution in [2.45, 2.75) is 26.3 Å². The summed E-state index contributed by atoms with van der Waals surface area (Å²) in [7, 11) is 0. The van der Waals surface area contributed by atoms with Crippen molar-refractivity contribution in [3.8, 4) is 0 Å². The molecule has 112 valence electrons. The number of hydrogen-bond acceptors (Lipinski definition) is 1. The van der Waals surface area contributed by atoms with Crippen LogP contribution in [-0.2, 0) is 6.42 Å². The SMILES string of the molecule is CCNC(Cc1ccc(C)cc1Cl)c1ccc(F)cc1I. The molecule has 0 fully saturated rings. The number of halogens is 3. The van der Waals surface area contributed by atoms with Gasteiger partial charge in [-0.3, -0.25) is 0 Å². The van der Waals surface area contributed by atoms with Crippen molar-refractivity contribution in [3.63, 3.8) is 0 Å². The average molecular weight is 418 g/mol. The number of aryl methyl sites for hydroxylation is 1. The van der Waals surface area contributed by atoms with E-state index in [1.165, 1.54) is 6.07 Å². The average Bonchev–Trinajstić information content (AvgIpc) is 2.41. The molecule has 0 aliphatic carbocycles. The number of hydrogen-bond donors (Lipinski definition) is 1. The molecule has 2 rings (SSSR count). The van der Waals surface area contributed by atoms with Gasteiger partial charge in [0.25, 0.3) is 0 Å². The number of likely N-dealkylation sites (N-methyl/N-ethyl adjacent to an activating group) is 1. The Morgan fingerprint density at radius 1 is 1.24 bits per heavy atom. The van der Waals surface area contributed by atoms with Gasteiger partial charge in [0.15, 0.2) is 0 Å². The molecule has 0 aromatic heterocycles. The summed E-state index contributed by atoms with van der Waals surface area (Å²) < 4.78 is 14.2. The van der Waals surface area contributed by atoms with Gasteiger partial charge < -0.3 is 5.32 Å². The monoisotopic (exact) mass is 417 g/mol. The molecule has 1 unspecified atom stereocenters. The highest BCUT2D eigenvalue weighted by atomic mass is 127. The third kappa shape index (κ3) is 4.41. The van der Waals surface area contributed by atoms with Crippen molar-refractivity contribution in [2.75, 3.05) is 6.54 Å². The predicted octanol–water partition coefficient (Wildman–Crippen LogP) is 5.29. The van der Waals surface area contributed by atoms with Crippen molar-refractivity contribution in [1.29, 1.82) is 0 Å². The van der Waals surface area contributed by atoms with Crippen LogP contribution >= 0.6 is 34.2 Å². The largest absolute Gasteiger partial charge is 0.310 e. The van der Waals surface area contributed by atoms with Crippen LogP contribution in [0.1, 0.15) is 29.7 Å². The standard InChI is InChI=1S/C17H18ClFIN/c1-3-21-17(14-7-6-13(19)10-16(14)20)9-12-5-4-11(2)8-15(12)18/h4-8,10,17,21H,3,9H2,1-2H3. The van der Waals surface area contributed by atoms with Crippen molar-refractivity contribution in [1.82, 2.24) is 5.32 Å². The van der Waals surface area contributed by atoms with E-state index in [0.29, 0.717) is 0 Å². The van der Waals surface area contributed by atoms with E-state index in [-0.39, 0.29) is 11.9 Å². The number of rotatable bonds is 5. The number of nitrogens with one attached hydrogen (secondary N) is 1. The molecule has 2 aromatic carbocycles. The highest BCUT2D eigenvalue weighted by molar-refractivity contribution is 14.1. The van der Waals surface area contributed by atoms with Crippen LogP contribution in [0.2, 0.25) is 5.02 Å². The molecule has 21 heavy (non-hydrogen) atoms. The van der Waals surface area contributed by atoms with Gasteiger partial charge in [-0.1, -0.05) is 36.7 Å². The minimum Gasteiger partial charge on any atom is -0.310 e. The quantitative estimate of drug-likeness (QED) is 0.652. The molecular formula is C17H18ClFIN. The van der Waals surface area contributed by atoms with Crippen LogP contribution in [0.5, 0.6) is 0 Å². The Kier molecular flexibility index (Phi) is 6.02. The molecule has 0 aliphatic rings. The first kappa shape index (κ1) is 16.7. The summed E-state index contributed by atoms with van der Waals surface area (Å²) in [6, 6.07) is 11.2. The highest BCUT2D eigenvalue weighted by Gasteiger charge is 2.16. The van der Waals surface area contributed by atoms with Crippen LogP contribution in [0.25, 0.3) is 0 Å². The topological polar surface area (TPSA) is 12.0 Å². The van der Waals surface area contributed by atoms with E-state index >= 15 is 0 Å². The Balaban J connectivity index is 2.30. The Hall–Kier alpha value is -0.650. The van der Waals surface area contributed by atoms with Gasteiger partial charge in [-0.05, 0) is 77.4 Å². The summed E-state index contributed by atoms with van der Waals surface area (Å²) in [5.74, 6) is -0.202. The van der Waals surface area contributed by atoms with E-state index in [4.69, 9.17) is 11.6 Å². The molecular weight excluding hydrogens is 400 g/mol. The van der Waals surface area contributed by atoms with Crippen LogP contribution in [-0.4, -0.2) is 6.54 Å². The maximum atomic E-state index is 13.3. The Morgan fingerprint density at radius 2 is 2.00 bits per heavy atom. The van der Waals surface area contributed by atoms with E-state index in [9.17, 15) is 4.39 Å². The van der Waals surface area contributed by atoms with E-state index in [2.05, 4.69) is 47.0 Å². The predicted molar refractivity (Wildman–Crippen MR) is 95.4 cm³/mol. The molecule has 0 amide bonds. The van der Waals surface area contributed by atoms with E-state index in [1.807, 2.05) is 19.1 Å².